The lowest BCUT2D eigenvalue weighted by Gasteiger charge is -2.29. The number of fused-ring (bicyclic) bond motifs is 2. The van der Waals surface area contributed by atoms with Gasteiger partial charge >= 0.3 is 6.01 Å². The summed E-state index contributed by atoms with van der Waals surface area (Å²) in [5, 5.41) is 22.2. The van der Waals surface area contributed by atoms with Gasteiger partial charge in [-0.25, -0.2) is 13.8 Å². The zero-order valence-electron chi connectivity index (χ0n) is 25.0. The third kappa shape index (κ3) is 5.83. The molecule has 2 aromatic carbocycles. The molecule has 2 aromatic heterocycles. The zero-order chi connectivity index (χ0) is 31.2. The first-order chi connectivity index (χ1) is 21.0. The first-order valence-electron chi connectivity index (χ1n) is 14.3. The Labute approximate surface area is 253 Å². The summed E-state index contributed by atoms with van der Waals surface area (Å²) in [5.74, 6) is 4.65. The quantitative estimate of drug-likeness (QED) is 0.306. The van der Waals surface area contributed by atoms with Crippen LogP contribution in [0.25, 0.3) is 32.9 Å². The fourth-order valence-electron chi connectivity index (χ4n) is 5.61. The summed E-state index contributed by atoms with van der Waals surface area (Å²) >= 11 is 0. The highest BCUT2D eigenvalue weighted by Gasteiger charge is 2.33. The maximum absolute atomic E-state index is 16.8. The largest absolute Gasteiger partial charge is 0.508 e. The second kappa shape index (κ2) is 11.5. The lowest BCUT2D eigenvalue weighted by molar-refractivity contribution is -0.0123. The highest BCUT2D eigenvalue weighted by atomic mass is 19.1. The van der Waals surface area contributed by atoms with Crippen molar-refractivity contribution >= 4 is 27.5 Å². The molecule has 1 aliphatic carbocycles. The minimum atomic E-state index is -1.21. The first-order valence-corrected chi connectivity index (χ1v) is 14.3. The number of halogens is 2. The summed E-state index contributed by atoms with van der Waals surface area (Å²) in [5.41, 5.74) is -0.104. The lowest BCUT2D eigenvalue weighted by atomic mass is 9.99. The normalized spacial score (nSPS) is 20.8. The number of phenolic OH excluding ortho intramolecular Hbond substituents is 1. The fourth-order valence-corrected chi connectivity index (χ4v) is 5.61. The topological polar surface area (TPSA) is 104 Å². The van der Waals surface area contributed by atoms with Crippen LogP contribution in [0.4, 0.5) is 14.6 Å². The number of phenols is 1. The fraction of sp³-hybridized carbons (Fsp3) is 0.364. The van der Waals surface area contributed by atoms with E-state index in [2.05, 4.69) is 21.8 Å². The molecule has 4 aromatic rings. The van der Waals surface area contributed by atoms with E-state index < -0.39 is 17.2 Å². The summed E-state index contributed by atoms with van der Waals surface area (Å²) in [6.45, 7) is 4.49. The van der Waals surface area contributed by atoms with Gasteiger partial charge in [0.15, 0.2) is 5.82 Å². The molecular formula is C33H33F2N5O4. The molecule has 228 valence electrons. The van der Waals surface area contributed by atoms with Gasteiger partial charge in [0.05, 0.1) is 31.8 Å². The maximum Gasteiger partial charge on any atom is 0.319 e. The smallest absolute Gasteiger partial charge is 0.319 e. The van der Waals surface area contributed by atoms with Crippen molar-refractivity contribution in [3.05, 3.63) is 59.4 Å². The van der Waals surface area contributed by atoms with Gasteiger partial charge in [0.25, 0.3) is 0 Å². The molecule has 6 rings (SSSR count). The van der Waals surface area contributed by atoms with Crippen LogP contribution in [-0.4, -0.2) is 82.7 Å². The number of benzene rings is 2. The molecule has 9 nitrogen and oxygen atoms in total. The van der Waals surface area contributed by atoms with Gasteiger partial charge in [0, 0.05) is 37.5 Å². The van der Waals surface area contributed by atoms with Gasteiger partial charge in [-0.2, -0.15) is 9.97 Å². The van der Waals surface area contributed by atoms with E-state index in [4.69, 9.17) is 14.5 Å². The molecule has 0 bridgehead atoms. The minimum absolute atomic E-state index is 0.0492. The molecule has 2 aliphatic rings. The number of hydrogen-bond donors (Lipinski definition) is 2. The number of aromatic nitrogens is 3. The molecule has 1 saturated carbocycles. The van der Waals surface area contributed by atoms with Crippen LogP contribution in [0.3, 0.4) is 0 Å². The van der Waals surface area contributed by atoms with Crippen LogP contribution in [0.1, 0.15) is 26.0 Å². The van der Waals surface area contributed by atoms with Crippen LogP contribution in [0.15, 0.2) is 42.1 Å². The SMILES string of the molecule is CC#Cc1nc(-c2cc(O)cc3cccc(F)c23)c(F)c2nc(OCC3CC3=CN(C)C)nc(N3CCOCC(C)(O)C3)c12. The van der Waals surface area contributed by atoms with E-state index in [0.29, 0.717) is 31.0 Å². The Morgan fingerprint density at radius 1 is 1.20 bits per heavy atom. The average molecular weight is 602 g/mol. The zero-order valence-corrected chi connectivity index (χ0v) is 25.0. The third-order valence-electron chi connectivity index (χ3n) is 7.59. The Balaban J connectivity index is 1.58. The van der Waals surface area contributed by atoms with Gasteiger partial charge in [0.2, 0.25) is 0 Å². The molecular weight excluding hydrogens is 568 g/mol. The Morgan fingerprint density at radius 3 is 2.80 bits per heavy atom. The molecule has 0 amide bonds. The standard InChI is InChI=1S/C33H33F2N5O4/c1-5-7-25-27-30(28(35)29(36-25)23-14-22(41)13-19-8-6-9-24(34)26(19)23)37-32(44-16-21-12-20(21)15-39(3)4)38-31(27)40-10-11-43-18-33(2,42)17-40/h6,8-9,13-15,21,41-42H,10-12,16-18H2,1-4H3. The van der Waals surface area contributed by atoms with Crippen molar-refractivity contribution in [1.29, 1.82) is 0 Å². The molecule has 2 fully saturated rings. The summed E-state index contributed by atoms with van der Waals surface area (Å²) in [7, 11) is 3.91. The molecule has 0 radical (unpaired) electrons. The second-order valence-electron chi connectivity index (χ2n) is 11.7. The number of ether oxygens (including phenoxy) is 2. The molecule has 3 heterocycles. The van der Waals surface area contributed by atoms with Crippen molar-refractivity contribution in [3.63, 3.8) is 0 Å². The molecule has 0 spiro atoms. The van der Waals surface area contributed by atoms with Gasteiger partial charge in [-0.3, -0.25) is 0 Å². The number of β-amino-alcohol motifs (C(OH)–C–C–N with tert-alkyl or cyclic N) is 1. The van der Waals surface area contributed by atoms with E-state index in [-0.39, 0.29) is 64.1 Å². The van der Waals surface area contributed by atoms with Crippen molar-refractivity contribution in [2.45, 2.75) is 25.9 Å². The van der Waals surface area contributed by atoms with E-state index >= 15 is 8.78 Å². The monoisotopic (exact) mass is 601 g/mol. The van der Waals surface area contributed by atoms with Crippen LogP contribution in [-0.2, 0) is 4.74 Å². The molecule has 2 atom stereocenters. The Bertz CT molecular complexity index is 1860. The van der Waals surface area contributed by atoms with Crippen LogP contribution in [0.5, 0.6) is 11.8 Å². The van der Waals surface area contributed by atoms with E-state index in [1.165, 1.54) is 29.8 Å². The van der Waals surface area contributed by atoms with Crippen molar-refractivity contribution in [2.24, 2.45) is 5.92 Å². The van der Waals surface area contributed by atoms with Gasteiger partial charge in [-0.15, -0.1) is 0 Å². The van der Waals surface area contributed by atoms with Crippen molar-refractivity contribution in [1.82, 2.24) is 19.9 Å². The average Bonchev–Trinajstić information content (AvgIpc) is 3.73. The van der Waals surface area contributed by atoms with E-state index in [1.54, 1.807) is 24.8 Å². The van der Waals surface area contributed by atoms with Crippen LogP contribution in [0, 0.1) is 29.4 Å². The van der Waals surface area contributed by atoms with Crippen molar-refractivity contribution in [2.75, 3.05) is 51.9 Å². The molecule has 1 saturated heterocycles. The van der Waals surface area contributed by atoms with Crippen LogP contribution >= 0.6 is 0 Å². The van der Waals surface area contributed by atoms with Crippen LogP contribution < -0.4 is 9.64 Å². The highest BCUT2D eigenvalue weighted by molar-refractivity contribution is 6.01. The summed E-state index contributed by atoms with van der Waals surface area (Å²) < 4.78 is 43.6. The number of aromatic hydroxyl groups is 1. The maximum atomic E-state index is 16.8. The predicted octanol–water partition coefficient (Wildman–Crippen LogP) is 4.63. The molecule has 1 aliphatic heterocycles. The van der Waals surface area contributed by atoms with E-state index in [0.717, 1.165) is 6.42 Å². The number of rotatable bonds is 6. The molecule has 11 heteroatoms. The number of anilines is 1. The minimum Gasteiger partial charge on any atom is -0.508 e. The van der Waals surface area contributed by atoms with Gasteiger partial charge < -0.3 is 29.5 Å². The molecule has 44 heavy (non-hydrogen) atoms. The van der Waals surface area contributed by atoms with E-state index in [1.807, 2.05) is 25.2 Å². The Kier molecular flexibility index (Phi) is 7.73. The first kappa shape index (κ1) is 29.5. The van der Waals surface area contributed by atoms with Crippen LogP contribution in [0.2, 0.25) is 0 Å². The number of hydrogen-bond acceptors (Lipinski definition) is 9. The summed E-state index contributed by atoms with van der Waals surface area (Å²) in [6, 6.07) is 7.05. The van der Waals surface area contributed by atoms with Gasteiger partial charge in [-0.1, -0.05) is 18.1 Å². The highest BCUT2D eigenvalue weighted by Crippen LogP contribution is 2.41. The summed E-state index contributed by atoms with van der Waals surface area (Å²) in [4.78, 5) is 17.6. The number of pyridine rings is 1. The molecule has 2 N–H and O–H groups in total. The Hall–Kier alpha value is -4.53. The van der Waals surface area contributed by atoms with E-state index in [9.17, 15) is 10.2 Å². The van der Waals surface area contributed by atoms with Gasteiger partial charge in [0.1, 0.15) is 39.9 Å². The number of aliphatic hydroxyl groups is 1. The second-order valence-corrected chi connectivity index (χ2v) is 11.7. The number of nitrogens with zero attached hydrogens (tertiary/aromatic N) is 5. The Morgan fingerprint density at radius 2 is 2.02 bits per heavy atom. The van der Waals surface area contributed by atoms with Crippen molar-refractivity contribution < 1.29 is 28.5 Å². The third-order valence-corrected chi connectivity index (χ3v) is 7.59. The lowest BCUT2D eigenvalue weighted by Crippen LogP contribution is -2.42. The molecule has 2 unspecified atom stereocenters. The van der Waals surface area contributed by atoms with Crippen molar-refractivity contribution in [3.8, 4) is 34.9 Å². The predicted molar refractivity (Wildman–Crippen MR) is 163 cm³/mol. The van der Waals surface area contributed by atoms with Gasteiger partial charge in [-0.05, 0) is 61.5 Å². The summed E-state index contributed by atoms with van der Waals surface area (Å²) in [6.07, 6.45) is 2.92.